The summed E-state index contributed by atoms with van der Waals surface area (Å²) in [5, 5.41) is 4.15. The fraction of sp³-hybridized carbons (Fsp3) is 0.0667. The maximum absolute atomic E-state index is 12.0. The average molecular weight is 251 g/mol. The van der Waals surface area contributed by atoms with Gasteiger partial charge in [-0.2, -0.15) is 5.10 Å². The van der Waals surface area contributed by atoms with Gasteiger partial charge >= 0.3 is 0 Å². The van der Waals surface area contributed by atoms with E-state index in [1.54, 1.807) is 21.5 Å². The Bertz CT molecular complexity index is 756. The molecule has 2 heterocycles. The van der Waals surface area contributed by atoms with Gasteiger partial charge in [-0.25, -0.2) is 0 Å². The standard InChI is InChI=1S/C15H13N3O/c1-17-14(9-10-16-17)12-7-8-15(19)18(11-12)13-5-3-2-4-6-13/h2-11H,1H3. The number of pyridine rings is 1. The molecule has 19 heavy (non-hydrogen) atoms. The summed E-state index contributed by atoms with van der Waals surface area (Å²) < 4.78 is 3.43. The number of rotatable bonds is 2. The molecule has 4 nitrogen and oxygen atoms in total. The lowest BCUT2D eigenvalue weighted by Gasteiger charge is -2.08. The van der Waals surface area contributed by atoms with Gasteiger partial charge in [0.1, 0.15) is 0 Å². The van der Waals surface area contributed by atoms with Crippen molar-refractivity contribution in [3.05, 3.63) is 71.3 Å². The highest BCUT2D eigenvalue weighted by molar-refractivity contribution is 5.58. The minimum absolute atomic E-state index is 0.0443. The number of hydrogen-bond acceptors (Lipinski definition) is 2. The summed E-state index contributed by atoms with van der Waals surface area (Å²) >= 11 is 0. The molecule has 0 aliphatic heterocycles. The maximum atomic E-state index is 12.0. The molecule has 0 atom stereocenters. The van der Waals surface area contributed by atoms with Crippen LogP contribution in [0.3, 0.4) is 0 Å². The minimum Gasteiger partial charge on any atom is -0.284 e. The zero-order valence-electron chi connectivity index (χ0n) is 10.5. The Morgan fingerprint density at radius 2 is 1.79 bits per heavy atom. The van der Waals surface area contributed by atoms with Crippen LogP contribution in [0.5, 0.6) is 0 Å². The second-order valence-electron chi connectivity index (χ2n) is 4.30. The molecule has 1 aromatic carbocycles. The molecule has 4 heteroatoms. The predicted molar refractivity (Wildman–Crippen MR) is 74.2 cm³/mol. The maximum Gasteiger partial charge on any atom is 0.255 e. The van der Waals surface area contributed by atoms with Crippen molar-refractivity contribution in [1.29, 1.82) is 0 Å². The molecule has 0 aliphatic rings. The van der Waals surface area contributed by atoms with Crippen molar-refractivity contribution in [2.24, 2.45) is 7.05 Å². The molecule has 0 unspecified atom stereocenters. The first-order valence-electron chi connectivity index (χ1n) is 6.02. The number of nitrogens with zero attached hydrogens (tertiary/aromatic N) is 3. The van der Waals surface area contributed by atoms with Gasteiger partial charge in [-0.15, -0.1) is 0 Å². The van der Waals surface area contributed by atoms with E-state index in [9.17, 15) is 4.79 Å². The molecule has 0 bridgehead atoms. The van der Waals surface area contributed by atoms with Crippen LogP contribution in [0, 0.1) is 0 Å². The zero-order chi connectivity index (χ0) is 13.2. The third kappa shape index (κ3) is 2.08. The minimum atomic E-state index is -0.0443. The van der Waals surface area contributed by atoms with Crippen LogP contribution in [0.1, 0.15) is 0 Å². The summed E-state index contributed by atoms with van der Waals surface area (Å²) in [4.78, 5) is 12.0. The van der Waals surface area contributed by atoms with Crippen LogP contribution in [0.15, 0.2) is 65.7 Å². The molecule has 0 spiro atoms. The first-order chi connectivity index (χ1) is 9.25. The number of hydrogen-bond donors (Lipinski definition) is 0. The van der Waals surface area contributed by atoms with E-state index in [4.69, 9.17) is 0 Å². The molecular formula is C15H13N3O. The van der Waals surface area contributed by atoms with Crippen molar-refractivity contribution >= 4 is 0 Å². The summed E-state index contributed by atoms with van der Waals surface area (Å²) in [7, 11) is 1.88. The molecule has 3 rings (SSSR count). The molecule has 94 valence electrons. The molecule has 0 saturated carbocycles. The highest BCUT2D eigenvalue weighted by atomic mass is 16.1. The number of aromatic nitrogens is 3. The molecule has 0 saturated heterocycles. The Hall–Kier alpha value is -2.62. The van der Waals surface area contributed by atoms with E-state index in [2.05, 4.69) is 5.10 Å². The van der Waals surface area contributed by atoms with Crippen molar-refractivity contribution < 1.29 is 0 Å². The fourth-order valence-electron chi connectivity index (χ4n) is 2.09. The van der Waals surface area contributed by atoms with E-state index in [-0.39, 0.29) is 5.56 Å². The Balaban J connectivity index is 2.17. The van der Waals surface area contributed by atoms with Crippen molar-refractivity contribution in [3.8, 4) is 16.9 Å². The van der Waals surface area contributed by atoms with Crippen LogP contribution in [0.25, 0.3) is 16.9 Å². The first-order valence-corrected chi connectivity index (χ1v) is 6.02. The van der Waals surface area contributed by atoms with Gasteiger partial charge in [0.25, 0.3) is 5.56 Å². The lowest BCUT2D eigenvalue weighted by molar-refractivity contribution is 0.774. The lowest BCUT2D eigenvalue weighted by Crippen LogP contribution is -2.16. The van der Waals surface area contributed by atoms with Gasteiger partial charge in [-0.1, -0.05) is 18.2 Å². The fourth-order valence-corrected chi connectivity index (χ4v) is 2.09. The van der Waals surface area contributed by atoms with E-state index < -0.39 is 0 Å². The Labute approximate surface area is 110 Å². The largest absolute Gasteiger partial charge is 0.284 e. The molecule has 2 aromatic heterocycles. The third-order valence-corrected chi connectivity index (χ3v) is 3.06. The zero-order valence-corrected chi connectivity index (χ0v) is 10.5. The molecule has 0 amide bonds. The van der Waals surface area contributed by atoms with Crippen LogP contribution >= 0.6 is 0 Å². The van der Waals surface area contributed by atoms with Gasteiger partial charge in [0.2, 0.25) is 0 Å². The van der Waals surface area contributed by atoms with E-state index in [1.165, 1.54) is 0 Å². The topological polar surface area (TPSA) is 39.8 Å². The van der Waals surface area contributed by atoms with Gasteiger partial charge in [0.15, 0.2) is 0 Å². The van der Waals surface area contributed by atoms with E-state index in [1.807, 2.05) is 55.7 Å². The summed E-state index contributed by atoms with van der Waals surface area (Å²) in [5.74, 6) is 0. The number of benzene rings is 1. The lowest BCUT2D eigenvalue weighted by atomic mass is 10.2. The predicted octanol–water partition coefficient (Wildman–Crippen LogP) is 2.24. The van der Waals surface area contributed by atoms with Gasteiger partial charge in [-0.3, -0.25) is 14.0 Å². The molecule has 0 N–H and O–H groups in total. The van der Waals surface area contributed by atoms with Crippen LogP contribution < -0.4 is 5.56 Å². The smallest absolute Gasteiger partial charge is 0.255 e. The second kappa shape index (κ2) is 4.57. The summed E-state index contributed by atoms with van der Waals surface area (Å²) in [5.41, 5.74) is 2.75. The van der Waals surface area contributed by atoms with Gasteiger partial charge in [0, 0.05) is 36.8 Å². The number of aryl methyl sites for hydroxylation is 1. The summed E-state index contributed by atoms with van der Waals surface area (Å²) in [6, 6.07) is 14.9. The van der Waals surface area contributed by atoms with Gasteiger partial charge < -0.3 is 0 Å². The van der Waals surface area contributed by atoms with Crippen LogP contribution in [0.2, 0.25) is 0 Å². The van der Waals surface area contributed by atoms with Crippen molar-refractivity contribution in [3.63, 3.8) is 0 Å². The Kier molecular flexibility index (Phi) is 2.76. The normalized spacial score (nSPS) is 10.6. The Morgan fingerprint density at radius 3 is 2.47 bits per heavy atom. The molecule has 0 fully saturated rings. The molecule has 3 aromatic rings. The summed E-state index contributed by atoms with van der Waals surface area (Å²) in [6.07, 6.45) is 3.59. The first kappa shape index (κ1) is 11.5. The molecular weight excluding hydrogens is 238 g/mol. The molecule has 0 aliphatic carbocycles. The molecule has 0 radical (unpaired) electrons. The second-order valence-corrected chi connectivity index (χ2v) is 4.30. The van der Waals surface area contributed by atoms with Crippen molar-refractivity contribution in [2.45, 2.75) is 0 Å². The highest BCUT2D eigenvalue weighted by Gasteiger charge is 2.05. The Morgan fingerprint density at radius 1 is 1.00 bits per heavy atom. The third-order valence-electron chi connectivity index (χ3n) is 3.06. The summed E-state index contributed by atoms with van der Waals surface area (Å²) in [6.45, 7) is 0. The van der Waals surface area contributed by atoms with E-state index >= 15 is 0 Å². The van der Waals surface area contributed by atoms with Crippen molar-refractivity contribution in [1.82, 2.24) is 14.3 Å². The quantitative estimate of drug-likeness (QED) is 0.700. The monoisotopic (exact) mass is 251 g/mol. The van der Waals surface area contributed by atoms with Crippen LogP contribution in [-0.4, -0.2) is 14.3 Å². The van der Waals surface area contributed by atoms with Crippen molar-refractivity contribution in [2.75, 3.05) is 0 Å². The van der Waals surface area contributed by atoms with Gasteiger partial charge in [0.05, 0.1) is 5.69 Å². The van der Waals surface area contributed by atoms with E-state index in [0.717, 1.165) is 16.9 Å². The van der Waals surface area contributed by atoms with Crippen LogP contribution in [0.4, 0.5) is 0 Å². The SMILES string of the molecule is Cn1nccc1-c1ccc(=O)n(-c2ccccc2)c1. The highest BCUT2D eigenvalue weighted by Crippen LogP contribution is 2.17. The number of para-hydroxylation sites is 1. The average Bonchev–Trinajstić information content (AvgIpc) is 2.87. The van der Waals surface area contributed by atoms with E-state index in [0.29, 0.717) is 0 Å². The van der Waals surface area contributed by atoms with Gasteiger partial charge in [-0.05, 0) is 24.3 Å². The van der Waals surface area contributed by atoms with Crippen LogP contribution in [-0.2, 0) is 7.05 Å².